The summed E-state index contributed by atoms with van der Waals surface area (Å²) in [5.74, 6) is -0.595. The van der Waals surface area contributed by atoms with Crippen molar-refractivity contribution in [3.63, 3.8) is 0 Å². The molecule has 0 radical (unpaired) electrons. The second-order valence-corrected chi connectivity index (χ2v) is 6.49. The molecule has 0 spiro atoms. The van der Waals surface area contributed by atoms with Crippen LogP contribution >= 0.6 is 15.9 Å². The van der Waals surface area contributed by atoms with E-state index in [1.54, 1.807) is 18.2 Å². The Hall–Kier alpha value is -2.34. The van der Waals surface area contributed by atoms with Crippen molar-refractivity contribution in [2.45, 2.75) is 12.8 Å². The summed E-state index contributed by atoms with van der Waals surface area (Å²) in [7, 11) is 0. The number of aryl methyl sites for hydroxylation is 1. The van der Waals surface area contributed by atoms with Crippen molar-refractivity contribution in [1.82, 2.24) is 10.9 Å². The SMILES string of the molecule is O=C(CN1CCCc2ccccc21)NNC(=O)c1ccccc1Br. The molecule has 0 unspecified atom stereocenters. The molecule has 2 amide bonds. The number of hydrogen-bond acceptors (Lipinski definition) is 3. The van der Waals surface area contributed by atoms with Crippen molar-refractivity contribution in [1.29, 1.82) is 0 Å². The summed E-state index contributed by atoms with van der Waals surface area (Å²) in [4.78, 5) is 26.3. The second kappa shape index (κ2) is 7.49. The second-order valence-electron chi connectivity index (χ2n) is 5.64. The fourth-order valence-corrected chi connectivity index (χ4v) is 3.29. The summed E-state index contributed by atoms with van der Waals surface area (Å²) in [6.07, 6.45) is 2.06. The zero-order chi connectivity index (χ0) is 16.9. The van der Waals surface area contributed by atoms with Gasteiger partial charge in [-0.1, -0.05) is 30.3 Å². The number of benzene rings is 2. The molecule has 6 heteroatoms. The van der Waals surface area contributed by atoms with E-state index in [0.717, 1.165) is 25.1 Å². The third kappa shape index (κ3) is 3.76. The first kappa shape index (κ1) is 16.5. The summed E-state index contributed by atoms with van der Waals surface area (Å²) in [6.45, 7) is 1.05. The predicted octanol–water partition coefficient (Wildman–Crippen LogP) is 2.66. The Balaban J connectivity index is 1.57. The summed E-state index contributed by atoms with van der Waals surface area (Å²) in [5, 5.41) is 0. The summed E-state index contributed by atoms with van der Waals surface area (Å²) in [6, 6.07) is 15.2. The molecule has 0 bridgehead atoms. The van der Waals surface area contributed by atoms with E-state index in [0.29, 0.717) is 10.0 Å². The van der Waals surface area contributed by atoms with Crippen LogP contribution in [0.5, 0.6) is 0 Å². The number of anilines is 1. The molecule has 0 aliphatic carbocycles. The van der Waals surface area contributed by atoms with Crippen LogP contribution in [0.1, 0.15) is 22.3 Å². The fraction of sp³-hybridized carbons (Fsp3) is 0.222. The Morgan fingerprint density at radius 2 is 1.79 bits per heavy atom. The first-order valence-electron chi connectivity index (χ1n) is 7.82. The van der Waals surface area contributed by atoms with E-state index in [4.69, 9.17) is 0 Å². The predicted molar refractivity (Wildman–Crippen MR) is 96.7 cm³/mol. The van der Waals surface area contributed by atoms with Crippen molar-refractivity contribution in [3.05, 3.63) is 64.1 Å². The zero-order valence-electron chi connectivity index (χ0n) is 13.1. The molecule has 2 aromatic rings. The Bertz CT molecular complexity index is 763. The van der Waals surface area contributed by atoms with Gasteiger partial charge >= 0.3 is 0 Å². The van der Waals surface area contributed by atoms with Gasteiger partial charge in [0.05, 0.1) is 12.1 Å². The lowest BCUT2D eigenvalue weighted by atomic mass is 10.0. The van der Waals surface area contributed by atoms with Crippen LogP contribution in [0.4, 0.5) is 5.69 Å². The van der Waals surface area contributed by atoms with Gasteiger partial charge < -0.3 is 4.90 Å². The summed E-state index contributed by atoms with van der Waals surface area (Å²) < 4.78 is 0.682. The van der Waals surface area contributed by atoms with Crippen LogP contribution in [0.25, 0.3) is 0 Å². The molecule has 2 N–H and O–H groups in total. The van der Waals surface area contributed by atoms with Crippen LogP contribution in [-0.2, 0) is 11.2 Å². The molecule has 0 fully saturated rings. The summed E-state index contributed by atoms with van der Waals surface area (Å²) >= 11 is 3.32. The number of hydrogen-bond donors (Lipinski definition) is 2. The molecule has 0 atom stereocenters. The molecule has 1 heterocycles. The van der Waals surface area contributed by atoms with Gasteiger partial charge in [0.2, 0.25) is 0 Å². The van der Waals surface area contributed by atoms with Crippen LogP contribution in [0.15, 0.2) is 53.0 Å². The van der Waals surface area contributed by atoms with Gasteiger partial charge in [-0.15, -0.1) is 0 Å². The Kier molecular flexibility index (Phi) is 5.15. The van der Waals surface area contributed by atoms with Crippen LogP contribution in [0.2, 0.25) is 0 Å². The number of hydrazine groups is 1. The molecule has 1 aliphatic rings. The molecule has 1 aliphatic heterocycles. The largest absolute Gasteiger partial charge is 0.362 e. The first-order valence-corrected chi connectivity index (χ1v) is 8.61. The molecule has 2 aromatic carbocycles. The number of nitrogens with one attached hydrogen (secondary N) is 2. The molecule has 124 valence electrons. The summed E-state index contributed by atoms with van der Waals surface area (Å²) in [5.41, 5.74) is 7.77. The van der Waals surface area contributed by atoms with E-state index in [1.165, 1.54) is 5.56 Å². The quantitative estimate of drug-likeness (QED) is 0.795. The fourth-order valence-electron chi connectivity index (χ4n) is 2.83. The Morgan fingerprint density at radius 1 is 1.04 bits per heavy atom. The standard InChI is InChI=1S/C18H18BrN3O2/c19-15-9-3-2-8-14(15)18(24)21-20-17(23)12-22-11-5-7-13-6-1-4-10-16(13)22/h1-4,6,8-10H,5,7,11-12H2,(H,20,23)(H,21,24). The number of carbonyl (C=O) groups excluding carboxylic acids is 2. The maximum atomic E-state index is 12.2. The molecule has 24 heavy (non-hydrogen) atoms. The van der Waals surface area contributed by atoms with Gasteiger partial charge in [0, 0.05) is 16.7 Å². The third-order valence-corrected chi connectivity index (χ3v) is 4.67. The van der Waals surface area contributed by atoms with Crippen molar-refractivity contribution < 1.29 is 9.59 Å². The van der Waals surface area contributed by atoms with E-state index in [-0.39, 0.29) is 18.4 Å². The third-order valence-electron chi connectivity index (χ3n) is 3.97. The van der Waals surface area contributed by atoms with E-state index >= 15 is 0 Å². The van der Waals surface area contributed by atoms with Gasteiger partial charge in [0.1, 0.15) is 0 Å². The first-order chi connectivity index (χ1) is 11.6. The maximum absolute atomic E-state index is 12.2. The molecular formula is C18H18BrN3O2. The molecule has 5 nitrogen and oxygen atoms in total. The number of halogens is 1. The van der Waals surface area contributed by atoms with Crippen molar-refractivity contribution in [3.8, 4) is 0 Å². The van der Waals surface area contributed by atoms with Crippen LogP contribution in [-0.4, -0.2) is 24.9 Å². The minimum absolute atomic E-state index is 0.216. The molecule has 0 saturated carbocycles. The topological polar surface area (TPSA) is 61.4 Å². The molecule has 0 aromatic heterocycles. The van der Waals surface area contributed by atoms with Crippen molar-refractivity contribution in [2.75, 3.05) is 18.0 Å². The molecule has 0 saturated heterocycles. The Labute approximate surface area is 149 Å². The van der Waals surface area contributed by atoms with Gasteiger partial charge in [0.15, 0.2) is 0 Å². The number of carbonyl (C=O) groups is 2. The highest BCUT2D eigenvalue weighted by atomic mass is 79.9. The number of para-hydroxylation sites is 1. The zero-order valence-corrected chi connectivity index (χ0v) is 14.7. The van der Waals surface area contributed by atoms with Gasteiger partial charge in [0.25, 0.3) is 11.8 Å². The lowest BCUT2D eigenvalue weighted by Gasteiger charge is -2.30. The Morgan fingerprint density at radius 3 is 2.62 bits per heavy atom. The molecule has 3 rings (SSSR count). The maximum Gasteiger partial charge on any atom is 0.270 e. The van der Waals surface area contributed by atoms with E-state index in [1.807, 2.05) is 29.2 Å². The number of nitrogens with zero attached hydrogens (tertiary/aromatic N) is 1. The van der Waals surface area contributed by atoms with Crippen LogP contribution < -0.4 is 15.8 Å². The average Bonchev–Trinajstić information content (AvgIpc) is 2.60. The lowest BCUT2D eigenvalue weighted by Crippen LogP contribution is -2.47. The number of amides is 2. The van der Waals surface area contributed by atoms with E-state index < -0.39 is 0 Å². The highest BCUT2D eigenvalue weighted by Gasteiger charge is 2.19. The highest BCUT2D eigenvalue weighted by molar-refractivity contribution is 9.10. The number of rotatable bonds is 3. The normalized spacial score (nSPS) is 13.1. The van der Waals surface area contributed by atoms with Gasteiger partial charge in [-0.2, -0.15) is 0 Å². The molecular weight excluding hydrogens is 370 g/mol. The lowest BCUT2D eigenvalue weighted by molar-refractivity contribution is -0.120. The minimum atomic E-state index is -0.352. The minimum Gasteiger partial charge on any atom is -0.362 e. The number of fused-ring (bicyclic) bond motifs is 1. The highest BCUT2D eigenvalue weighted by Crippen LogP contribution is 2.26. The monoisotopic (exact) mass is 387 g/mol. The van der Waals surface area contributed by atoms with Crippen molar-refractivity contribution >= 4 is 33.4 Å². The van der Waals surface area contributed by atoms with Crippen LogP contribution in [0, 0.1) is 0 Å². The average molecular weight is 388 g/mol. The van der Waals surface area contributed by atoms with E-state index in [2.05, 4.69) is 32.8 Å². The smallest absolute Gasteiger partial charge is 0.270 e. The van der Waals surface area contributed by atoms with Gasteiger partial charge in [-0.3, -0.25) is 20.4 Å². The van der Waals surface area contributed by atoms with Crippen molar-refractivity contribution in [2.24, 2.45) is 0 Å². The van der Waals surface area contributed by atoms with E-state index in [9.17, 15) is 9.59 Å². The van der Waals surface area contributed by atoms with Crippen LogP contribution in [0.3, 0.4) is 0 Å². The van der Waals surface area contributed by atoms with Gasteiger partial charge in [-0.25, -0.2) is 0 Å². The van der Waals surface area contributed by atoms with Gasteiger partial charge in [-0.05, 0) is 52.5 Å².